The topological polar surface area (TPSA) is 75.4 Å². The molecule has 0 radical (unpaired) electrons. The highest BCUT2D eigenvalue weighted by Gasteiger charge is 2.46. The average molecular weight is 540 g/mol. The number of aryl methyl sites for hydroxylation is 2. The number of carbonyl (C=O) groups excluding carboxylic acids is 2. The maximum Gasteiger partial charge on any atom is 0.294 e. The summed E-state index contributed by atoms with van der Waals surface area (Å²) in [5.41, 5.74) is 3.70. The fourth-order valence-corrected chi connectivity index (χ4v) is 6.18. The van der Waals surface area contributed by atoms with E-state index in [1.165, 1.54) is 16.2 Å². The van der Waals surface area contributed by atoms with Crippen molar-refractivity contribution in [3.8, 4) is 10.6 Å². The molecule has 6 rings (SSSR count). The molecule has 1 unspecified atom stereocenters. The number of ketones is 1. The lowest BCUT2D eigenvalue weighted by Crippen LogP contribution is -2.31. The quantitative estimate of drug-likeness (QED) is 0.243. The fraction of sp³-hybridized carbons (Fsp3) is 0.100. The van der Waals surface area contributed by atoms with E-state index in [9.17, 15) is 14.7 Å². The summed E-state index contributed by atoms with van der Waals surface area (Å²) in [6.07, 6.45) is 1.91. The molecule has 0 spiro atoms. The van der Waals surface area contributed by atoms with Crippen LogP contribution >= 0.6 is 22.9 Å². The van der Waals surface area contributed by atoms with E-state index in [0.717, 1.165) is 22.0 Å². The number of para-hydroxylation sites is 1. The van der Waals surface area contributed by atoms with Crippen molar-refractivity contribution in [2.45, 2.75) is 13.0 Å². The highest BCUT2D eigenvalue weighted by Crippen LogP contribution is 2.45. The third-order valence-corrected chi connectivity index (χ3v) is 8.26. The maximum absolute atomic E-state index is 14.2. The minimum absolute atomic E-state index is 0.0349. The van der Waals surface area contributed by atoms with Gasteiger partial charge in [0.1, 0.15) is 5.01 Å². The zero-order chi connectivity index (χ0) is 26.6. The predicted molar refractivity (Wildman–Crippen MR) is 151 cm³/mol. The number of halogens is 1. The van der Waals surface area contributed by atoms with Gasteiger partial charge in [0.15, 0.2) is 5.76 Å². The Labute approximate surface area is 228 Å². The summed E-state index contributed by atoms with van der Waals surface area (Å²) in [4.78, 5) is 34.3. The molecule has 1 atom stereocenters. The molecular formula is C30H22ClN3O3S. The van der Waals surface area contributed by atoms with Crippen molar-refractivity contribution in [1.82, 2.24) is 9.55 Å². The van der Waals surface area contributed by atoms with Gasteiger partial charge in [0.25, 0.3) is 5.91 Å². The summed E-state index contributed by atoms with van der Waals surface area (Å²) in [7, 11) is 1.92. The number of rotatable bonds is 5. The second kappa shape index (κ2) is 9.28. The molecule has 3 heterocycles. The molecule has 3 aromatic carbocycles. The van der Waals surface area contributed by atoms with E-state index in [-0.39, 0.29) is 5.57 Å². The first-order chi connectivity index (χ1) is 18.3. The van der Waals surface area contributed by atoms with Gasteiger partial charge in [-0.05, 0) is 37.3 Å². The summed E-state index contributed by atoms with van der Waals surface area (Å²) in [5.74, 6) is -1.61. The van der Waals surface area contributed by atoms with Gasteiger partial charge in [-0.3, -0.25) is 14.5 Å². The average Bonchev–Trinajstić information content (AvgIpc) is 3.56. The van der Waals surface area contributed by atoms with Crippen molar-refractivity contribution in [3.63, 3.8) is 0 Å². The number of Topliss-reactive ketones (excluding diaryl/α,β-unsaturated/α-hetero) is 1. The third-order valence-electron chi connectivity index (χ3n) is 6.80. The molecule has 1 N–H and O–H groups in total. The van der Waals surface area contributed by atoms with Crippen LogP contribution in [0.25, 0.3) is 21.5 Å². The summed E-state index contributed by atoms with van der Waals surface area (Å²) in [6, 6.07) is 23.4. The molecule has 6 nitrogen and oxygen atoms in total. The summed E-state index contributed by atoms with van der Waals surface area (Å²) in [5, 5.41) is 13.3. The lowest BCUT2D eigenvalue weighted by Gasteiger charge is -2.26. The number of aliphatic hydroxyl groups is 1. The molecule has 2 aromatic heterocycles. The molecule has 1 amide bonds. The molecule has 8 heteroatoms. The van der Waals surface area contributed by atoms with E-state index >= 15 is 0 Å². The molecular weight excluding hydrogens is 518 g/mol. The van der Waals surface area contributed by atoms with E-state index in [1.54, 1.807) is 31.2 Å². The van der Waals surface area contributed by atoms with Crippen LogP contribution in [0.1, 0.15) is 27.0 Å². The highest BCUT2D eigenvalue weighted by atomic mass is 35.5. The van der Waals surface area contributed by atoms with Gasteiger partial charge in [0.05, 0.1) is 22.2 Å². The van der Waals surface area contributed by atoms with Crippen molar-refractivity contribution in [1.29, 1.82) is 0 Å². The Hall–Kier alpha value is -4.20. The smallest absolute Gasteiger partial charge is 0.294 e. The van der Waals surface area contributed by atoms with Crippen LogP contribution in [-0.4, -0.2) is 26.3 Å². The zero-order valence-corrected chi connectivity index (χ0v) is 22.1. The highest BCUT2D eigenvalue weighted by molar-refractivity contribution is 7.17. The van der Waals surface area contributed by atoms with Gasteiger partial charge < -0.3 is 9.67 Å². The number of hydrogen-bond donors (Lipinski definition) is 1. The largest absolute Gasteiger partial charge is 0.503 e. The molecule has 0 fully saturated rings. The van der Waals surface area contributed by atoms with Gasteiger partial charge in [-0.2, -0.15) is 0 Å². The van der Waals surface area contributed by atoms with Crippen LogP contribution in [-0.2, 0) is 11.8 Å². The fourth-order valence-electron chi connectivity index (χ4n) is 5.02. The normalized spacial score (nSPS) is 15.6. The number of anilines is 1. The molecule has 0 saturated carbocycles. The molecule has 5 aromatic rings. The van der Waals surface area contributed by atoms with Crippen LogP contribution < -0.4 is 4.90 Å². The van der Waals surface area contributed by atoms with Crippen molar-refractivity contribution < 1.29 is 14.7 Å². The van der Waals surface area contributed by atoms with Crippen molar-refractivity contribution >= 4 is 51.2 Å². The van der Waals surface area contributed by atoms with Gasteiger partial charge in [0, 0.05) is 46.0 Å². The van der Waals surface area contributed by atoms with Crippen LogP contribution in [0.2, 0.25) is 5.02 Å². The van der Waals surface area contributed by atoms with Gasteiger partial charge in [-0.15, -0.1) is 11.3 Å². The molecule has 38 heavy (non-hydrogen) atoms. The van der Waals surface area contributed by atoms with E-state index < -0.39 is 23.5 Å². The first-order valence-corrected chi connectivity index (χ1v) is 13.2. The van der Waals surface area contributed by atoms with Crippen LogP contribution in [0.15, 0.2) is 96.4 Å². The summed E-state index contributed by atoms with van der Waals surface area (Å²) < 4.78 is 1.96. The Morgan fingerprint density at radius 1 is 1.00 bits per heavy atom. The van der Waals surface area contributed by atoms with Crippen molar-refractivity contribution in [2.75, 3.05) is 4.90 Å². The number of hydrogen-bond acceptors (Lipinski definition) is 5. The minimum Gasteiger partial charge on any atom is -0.503 e. The Bertz CT molecular complexity index is 1750. The van der Waals surface area contributed by atoms with E-state index in [1.807, 2.05) is 72.4 Å². The van der Waals surface area contributed by atoms with Crippen LogP contribution in [0, 0.1) is 6.92 Å². The minimum atomic E-state index is -0.844. The number of amides is 1. The SMILES string of the molecule is Cc1nc(-c2ccccc2)sc1C(=O)C1=C(O)C(=O)N(c2ccc(Cl)cc2)C1c1cn(C)c2ccccc12. The lowest BCUT2D eigenvalue weighted by atomic mass is 9.94. The summed E-state index contributed by atoms with van der Waals surface area (Å²) >= 11 is 7.38. The van der Waals surface area contributed by atoms with Crippen LogP contribution in [0.5, 0.6) is 0 Å². The molecule has 0 saturated heterocycles. The number of carbonyl (C=O) groups is 2. The second-order valence-electron chi connectivity index (χ2n) is 9.16. The monoisotopic (exact) mass is 539 g/mol. The van der Waals surface area contributed by atoms with Gasteiger partial charge >= 0.3 is 0 Å². The number of nitrogens with zero attached hydrogens (tertiary/aromatic N) is 3. The van der Waals surface area contributed by atoms with Crippen molar-refractivity contribution in [3.05, 3.63) is 118 Å². The van der Waals surface area contributed by atoms with E-state index in [4.69, 9.17) is 11.6 Å². The van der Waals surface area contributed by atoms with Crippen LogP contribution in [0.4, 0.5) is 5.69 Å². The number of benzene rings is 3. The number of fused-ring (bicyclic) bond motifs is 1. The maximum atomic E-state index is 14.2. The number of aromatic nitrogens is 2. The standard InChI is InChI=1S/C30H22ClN3O3S/c1-17-28(38-29(32-17)18-8-4-3-5-9-18)26(35)24-25(22-16-33(2)23-11-7-6-10-21(22)23)34(30(37)27(24)36)20-14-12-19(31)13-15-20/h3-16,25,36H,1-2H3. The Balaban J connectivity index is 1.53. The molecule has 1 aliphatic heterocycles. The van der Waals surface area contributed by atoms with Crippen molar-refractivity contribution in [2.24, 2.45) is 7.05 Å². The Kier molecular flexibility index (Phi) is 5.90. The Morgan fingerprint density at radius 2 is 1.68 bits per heavy atom. The number of aliphatic hydroxyl groups excluding tert-OH is 1. The number of thiazole rings is 1. The van der Waals surface area contributed by atoms with Crippen LogP contribution in [0.3, 0.4) is 0 Å². The van der Waals surface area contributed by atoms with Gasteiger partial charge in [0.2, 0.25) is 5.78 Å². The molecule has 0 bridgehead atoms. The lowest BCUT2D eigenvalue weighted by molar-refractivity contribution is -0.117. The third kappa shape index (κ3) is 3.83. The van der Waals surface area contributed by atoms with Gasteiger partial charge in [-0.1, -0.05) is 60.1 Å². The molecule has 1 aliphatic rings. The van der Waals surface area contributed by atoms with Gasteiger partial charge in [-0.25, -0.2) is 4.98 Å². The zero-order valence-electron chi connectivity index (χ0n) is 20.6. The molecule has 188 valence electrons. The first-order valence-electron chi connectivity index (χ1n) is 12.0. The van der Waals surface area contributed by atoms with E-state index in [0.29, 0.717) is 26.3 Å². The van der Waals surface area contributed by atoms with E-state index in [2.05, 4.69) is 4.98 Å². The second-order valence-corrected chi connectivity index (χ2v) is 10.6. The first kappa shape index (κ1) is 24.2. The summed E-state index contributed by atoms with van der Waals surface area (Å²) in [6.45, 7) is 1.77. The molecule has 0 aliphatic carbocycles. The Morgan fingerprint density at radius 3 is 2.42 bits per heavy atom. The predicted octanol–water partition coefficient (Wildman–Crippen LogP) is 7.05.